The van der Waals surface area contributed by atoms with E-state index in [0.717, 1.165) is 12.5 Å². The monoisotopic (exact) mass is 224 g/mol. The minimum atomic E-state index is -0.0441. The van der Waals surface area contributed by atoms with E-state index in [1.54, 1.807) is 0 Å². The summed E-state index contributed by atoms with van der Waals surface area (Å²) in [5.41, 5.74) is 0. The Labute approximate surface area is 98.4 Å². The Morgan fingerprint density at radius 2 is 1.62 bits per heavy atom. The van der Waals surface area contributed by atoms with Crippen molar-refractivity contribution >= 4 is 0 Å². The molecule has 0 spiro atoms. The maximum atomic E-state index is 9.95. The van der Waals surface area contributed by atoms with Crippen LogP contribution in [0.5, 0.6) is 0 Å². The summed E-state index contributed by atoms with van der Waals surface area (Å²) in [6, 6.07) is 1.27. The van der Waals surface area contributed by atoms with Gasteiger partial charge in [0.2, 0.25) is 0 Å². The van der Waals surface area contributed by atoms with Crippen LogP contribution >= 0.6 is 0 Å². The second kappa shape index (κ2) is 4.63. The third-order valence-corrected chi connectivity index (χ3v) is 4.76. The molecule has 3 nitrogen and oxygen atoms in total. The maximum Gasteiger partial charge on any atom is 0.0695 e. The molecule has 3 rings (SSSR count). The Morgan fingerprint density at radius 1 is 0.812 bits per heavy atom. The lowest BCUT2D eigenvalue weighted by atomic mass is 10.2. The van der Waals surface area contributed by atoms with Crippen LogP contribution in [0.1, 0.15) is 38.5 Å². The van der Waals surface area contributed by atoms with Gasteiger partial charge in [0.25, 0.3) is 0 Å². The normalized spacial score (nSPS) is 42.2. The molecule has 0 aromatic heterocycles. The summed E-state index contributed by atoms with van der Waals surface area (Å²) in [7, 11) is 0. The van der Waals surface area contributed by atoms with Crippen molar-refractivity contribution in [2.75, 3.05) is 26.2 Å². The molecule has 3 fully saturated rings. The Bertz CT molecular complexity index is 240. The fraction of sp³-hybridized carbons (Fsp3) is 1.00. The summed E-state index contributed by atoms with van der Waals surface area (Å²) in [6.07, 6.45) is 7.52. The molecule has 2 saturated heterocycles. The standard InChI is InChI=1S/C13H24N2O/c16-13-5-3-4-12(13)15-9-6-11(10-15)14-7-1-2-8-14/h11-13,16H,1-10H2. The van der Waals surface area contributed by atoms with E-state index in [1.165, 1.54) is 58.3 Å². The number of likely N-dealkylation sites (tertiary alicyclic amines) is 2. The van der Waals surface area contributed by atoms with Crippen LogP contribution in [0.2, 0.25) is 0 Å². The molecule has 0 radical (unpaired) electrons. The molecule has 0 aromatic carbocycles. The zero-order chi connectivity index (χ0) is 11.0. The van der Waals surface area contributed by atoms with Crippen molar-refractivity contribution in [3.05, 3.63) is 0 Å². The molecule has 1 N–H and O–H groups in total. The van der Waals surface area contributed by atoms with E-state index in [1.807, 2.05) is 0 Å². The van der Waals surface area contributed by atoms with Crippen molar-refractivity contribution < 1.29 is 5.11 Å². The first-order valence-corrected chi connectivity index (χ1v) is 7.01. The van der Waals surface area contributed by atoms with E-state index in [-0.39, 0.29) is 6.10 Å². The van der Waals surface area contributed by atoms with Crippen molar-refractivity contribution in [1.29, 1.82) is 0 Å². The molecule has 3 unspecified atom stereocenters. The molecule has 1 saturated carbocycles. The van der Waals surface area contributed by atoms with Crippen LogP contribution in [0.15, 0.2) is 0 Å². The number of hydrogen-bond donors (Lipinski definition) is 1. The predicted molar refractivity (Wildman–Crippen MR) is 64.4 cm³/mol. The lowest BCUT2D eigenvalue weighted by Crippen LogP contribution is -2.41. The van der Waals surface area contributed by atoms with Crippen LogP contribution in [0.3, 0.4) is 0 Å². The highest BCUT2D eigenvalue weighted by atomic mass is 16.3. The van der Waals surface area contributed by atoms with Crippen LogP contribution in [0.4, 0.5) is 0 Å². The van der Waals surface area contributed by atoms with Crippen molar-refractivity contribution in [3.8, 4) is 0 Å². The average molecular weight is 224 g/mol. The van der Waals surface area contributed by atoms with Gasteiger partial charge in [-0.05, 0) is 51.6 Å². The van der Waals surface area contributed by atoms with Crippen molar-refractivity contribution in [1.82, 2.24) is 9.80 Å². The van der Waals surface area contributed by atoms with E-state index in [2.05, 4.69) is 9.80 Å². The van der Waals surface area contributed by atoms with Gasteiger partial charge in [-0.25, -0.2) is 0 Å². The predicted octanol–water partition coefficient (Wildman–Crippen LogP) is 1.07. The second-order valence-electron chi connectivity index (χ2n) is 5.75. The van der Waals surface area contributed by atoms with Gasteiger partial charge in [-0.3, -0.25) is 9.80 Å². The Morgan fingerprint density at radius 3 is 2.31 bits per heavy atom. The van der Waals surface area contributed by atoms with Crippen LogP contribution in [-0.4, -0.2) is 59.3 Å². The minimum absolute atomic E-state index is 0.0441. The maximum absolute atomic E-state index is 9.95. The average Bonchev–Trinajstić information content (AvgIpc) is 2.96. The van der Waals surface area contributed by atoms with Gasteiger partial charge in [0.05, 0.1) is 6.10 Å². The van der Waals surface area contributed by atoms with Gasteiger partial charge >= 0.3 is 0 Å². The first-order valence-electron chi connectivity index (χ1n) is 7.01. The highest BCUT2D eigenvalue weighted by Gasteiger charge is 2.37. The largest absolute Gasteiger partial charge is 0.391 e. The highest BCUT2D eigenvalue weighted by Crippen LogP contribution is 2.29. The third-order valence-electron chi connectivity index (χ3n) is 4.76. The van der Waals surface area contributed by atoms with Gasteiger partial charge in [0.1, 0.15) is 0 Å². The molecule has 0 amide bonds. The minimum Gasteiger partial charge on any atom is -0.391 e. The van der Waals surface area contributed by atoms with Gasteiger partial charge in [0.15, 0.2) is 0 Å². The SMILES string of the molecule is OC1CCCC1N1CCC(N2CCCC2)C1. The molecule has 3 atom stereocenters. The van der Waals surface area contributed by atoms with Gasteiger partial charge in [-0.2, -0.15) is 0 Å². The van der Waals surface area contributed by atoms with Gasteiger partial charge in [-0.1, -0.05) is 0 Å². The third kappa shape index (κ3) is 2.01. The second-order valence-corrected chi connectivity index (χ2v) is 5.75. The summed E-state index contributed by atoms with van der Waals surface area (Å²) in [5, 5.41) is 9.95. The zero-order valence-corrected chi connectivity index (χ0v) is 10.1. The van der Waals surface area contributed by atoms with E-state index in [9.17, 15) is 5.11 Å². The molecule has 0 bridgehead atoms. The molecule has 2 heterocycles. The van der Waals surface area contributed by atoms with Gasteiger partial charge in [-0.15, -0.1) is 0 Å². The molecule has 2 aliphatic heterocycles. The quantitative estimate of drug-likeness (QED) is 0.760. The van der Waals surface area contributed by atoms with Crippen molar-refractivity contribution in [2.45, 2.75) is 56.7 Å². The fourth-order valence-corrected chi connectivity index (χ4v) is 3.82. The van der Waals surface area contributed by atoms with E-state index in [4.69, 9.17) is 0 Å². The van der Waals surface area contributed by atoms with E-state index < -0.39 is 0 Å². The molecule has 3 heteroatoms. The van der Waals surface area contributed by atoms with Crippen molar-refractivity contribution in [2.24, 2.45) is 0 Å². The van der Waals surface area contributed by atoms with Crippen LogP contribution in [-0.2, 0) is 0 Å². The van der Waals surface area contributed by atoms with Gasteiger partial charge < -0.3 is 5.11 Å². The van der Waals surface area contributed by atoms with E-state index >= 15 is 0 Å². The molecule has 0 aromatic rings. The van der Waals surface area contributed by atoms with Crippen molar-refractivity contribution in [3.63, 3.8) is 0 Å². The van der Waals surface area contributed by atoms with E-state index in [0.29, 0.717) is 6.04 Å². The van der Waals surface area contributed by atoms with Crippen LogP contribution < -0.4 is 0 Å². The lowest BCUT2D eigenvalue weighted by Gasteiger charge is -2.28. The number of aliphatic hydroxyl groups excluding tert-OH is 1. The summed E-state index contributed by atoms with van der Waals surface area (Å²) in [4.78, 5) is 5.22. The zero-order valence-electron chi connectivity index (χ0n) is 10.1. The molecule has 16 heavy (non-hydrogen) atoms. The lowest BCUT2D eigenvalue weighted by molar-refractivity contribution is 0.0802. The first-order chi connectivity index (χ1) is 7.84. The van der Waals surface area contributed by atoms with Crippen LogP contribution in [0.25, 0.3) is 0 Å². The number of rotatable bonds is 2. The molecule has 1 aliphatic carbocycles. The Balaban J connectivity index is 1.55. The molecular weight excluding hydrogens is 200 g/mol. The Kier molecular flexibility index (Phi) is 3.18. The smallest absolute Gasteiger partial charge is 0.0695 e. The number of hydrogen-bond acceptors (Lipinski definition) is 3. The first kappa shape index (κ1) is 11.0. The summed E-state index contributed by atoms with van der Waals surface area (Å²) in [6.45, 7) is 5.04. The number of aliphatic hydroxyl groups is 1. The number of nitrogens with zero attached hydrogens (tertiary/aromatic N) is 2. The topological polar surface area (TPSA) is 26.7 Å². The molecule has 92 valence electrons. The van der Waals surface area contributed by atoms with Gasteiger partial charge in [0, 0.05) is 25.2 Å². The highest BCUT2D eigenvalue weighted by molar-refractivity contribution is 4.93. The fourth-order valence-electron chi connectivity index (χ4n) is 3.82. The summed E-state index contributed by atoms with van der Waals surface area (Å²) in [5.74, 6) is 0. The molecule has 3 aliphatic rings. The van der Waals surface area contributed by atoms with Crippen LogP contribution in [0, 0.1) is 0 Å². The summed E-state index contributed by atoms with van der Waals surface area (Å²) < 4.78 is 0. The summed E-state index contributed by atoms with van der Waals surface area (Å²) >= 11 is 0. The molecular formula is C13H24N2O. The Hall–Kier alpha value is -0.120.